The zero-order valence-electron chi connectivity index (χ0n) is 24.7. The first-order valence-corrected chi connectivity index (χ1v) is 15.5. The molecule has 1 aliphatic rings. The highest BCUT2D eigenvalue weighted by Gasteiger charge is 2.35. The number of nitriles is 1. The van der Waals surface area contributed by atoms with Crippen LogP contribution >= 0.6 is 0 Å². The Morgan fingerprint density at radius 2 is 1.91 bits per heavy atom. The van der Waals surface area contributed by atoms with Crippen molar-refractivity contribution >= 4 is 33.7 Å². The predicted octanol–water partition coefficient (Wildman–Crippen LogP) is 5.14. The molecule has 0 saturated carbocycles. The Hall–Kier alpha value is -4.22. The minimum atomic E-state index is -4.68. The summed E-state index contributed by atoms with van der Waals surface area (Å²) in [7, 11) is -4.07. The number of nitrogens with zero attached hydrogens (tertiary/aromatic N) is 3. The number of unbranched alkanes of at least 4 members (excludes halogenated alkanes) is 1. The van der Waals surface area contributed by atoms with E-state index in [-0.39, 0.29) is 41.7 Å². The van der Waals surface area contributed by atoms with Crippen LogP contribution in [0, 0.1) is 16.7 Å². The Labute approximate surface area is 255 Å². The fourth-order valence-corrected chi connectivity index (χ4v) is 5.88. The van der Waals surface area contributed by atoms with Crippen LogP contribution in [0.4, 0.5) is 18.9 Å². The molecule has 1 saturated heterocycles. The van der Waals surface area contributed by atoms with E-state index in [1.54, 1.807) is 31.0 Å². The van der Waals surface area contributed by atoms with Crippen molar-refractivity contribution in [3.8, 4) is 11.8 Å². The van der Waals surface area contributed by atoms with Gasteiger partial charge in [-0.05, 0) is 69.5 Å². The molecule has 2 aromatic carbocycles. The van der Waals surface area contributed by atoms with Crippen molar-refractivity contribution in [3.63, 3.8) is 0 Å². The molecule has 1 heterocycles. The number of ether oxygens (including phenoxy) is 1. The molecule has 3 rings (SSSR count). The number of alkyl halides is 3. The van der Waals surface area contributed by atoms with Crippen molar-refractivity contribution in [2.75, 3.05) is 24.6 Å². The zero-order chi connectivity index (χ0) is 32.5. The summed E-state index contributed by atoms with van der Waals surface area (Å²) in [6, 6.07) is 8.59. The van der Waals surface area contributed by atoms with Crippen LogP contribution in [0.1, 0.15) is 63.1 Å². The van der Waals surface area contributed by atoms with Gasteiger partial charge in [0.1, 0.15) is 11.6 Å². The topological polar surface area (TPSA) is 148 Å². The first kappa shape index (κ1) is 34.3. The summed E-state index contributed by atoms with van der Waals surface area (Å²) in [5, 5.41) is 19.9. The fourth-order valence-electron chi connectivity index (χ4n) is 4.55. The molecule has 236 valence electrons. The van der Waals surface area contributed by atoms with Crippen molar-refractivity contribution in [3.05, 3.63) is 64.9 Å². The first-order chi connectivity index (χ1) is 20.8. The lowest BCUT2D eigenvalue weighted by Gasteiger charge is -2.34. The molecule has 1 amide bonds. The largest absolute Gasteiger partial charge is 0.493 e. The number of amides is 1. The molecule has 1 fully saturated rings. The van der Waals surface area contributed by atoms with Gasteiger partial charge in [0.25, 0.3) is 5.91 Å². The van der Waals surface area contributed by atoms with Crippen LogP contribution in [-0.4, -0.2) is 52.1 Å². The van der Waals surface area contributed by atoms with E-state index in [9.17, 15) is 26.4 Å². The Morgan fingerprint density at radius 1 is 1.20 bits per heavy atom. The molecule has 0 radical (unpaired) electrons. The molecule has 0 atom stereocenters. The number of rotatable bonds is 11. The Kier molecular flexibility index (Phi) is 11.7. The summed E-state index contributed by atoms with van der Waals surface area (Å²) in [6.07, 6.45) is 0.562. The van der Waals surface area contributed by atoms with Gasteiger partial charge in [-0.2, -0.15) is 18.4 Å². The third-order valence-corrected chi connectivity index (χ3v) is 8.26. The minimum Gasteiger partial charge on any atom is -0.493 e. The van der Waals surface area contributed by atoms with Gasteiger partial charge in [0, 0.05) is 42.8 Å². The molecular formula is C30H35F3N6O4S. The average Bonchev–Trinajstić information content (AvgIpc) is 2.97. The van der Waals surface area contributed by atoms with Crippen LogP contribution in [-0.2, 0) is 21.0 Å². The number of hydrogen-bond acceptors (Lipinski definition) is 8. The Balaban J connectivity index is 1.72. The number of aliphatic imine (C=N–C) groups is 1. The van der Waals surface area contributed by atoms with Gasteiger partial charge in [-0.3, -0.25) is 15.2 Å². The number of benzene rings is 2. The third-order valence-electron chi connectivity index (χ3n) is 6.74. The SMILES string of the molecule is CCC/C=N/C(C)=C/C(=O)NC(=N)c1cc(S(=O)(=O)NC2CCN(c3ccc(C#N)c(C(F)(F)F)c3)CC2)ccc1OCC. The molecule has 14 heteroatoms. The number of hydrogen-bond donors (Lipinski definition) is 3. The van der Waals surface area contributed by atoms with Crippen molar-refractivity contribution in [1.29, 1.82) is 10.7 Å². The van der Waals surface area contributed by atoms with E-state index < -0.39 is 39.3 Å². The second kappa shape index (κ2) is 15.0. The molecule has 44 heavy (non-hydrogen) atoms. The maximum atomic E-state index is 13.4. The van der Waals surface area contributed by atoms with Crippen LogP contribution in [0.15, 0.2) is 58.1 Å². The van der Waals surface area contributed by atoms with Crippen LogP contribution in [0.2, 0.25) is 0 Å². The number of allylic oxidation sites excluding steroid dienone is 1. The fraction of sp³-hybridized carbons (Fsp3) is 0.400. The molecular weight excluding hydrogens is 597 g/mol. The number of carbonyl (C=O) groups is 1. The minimum absolute atomic E-state index is 0.0692. The number of carbonyl (C=O) groups excluding carboxylic acids is 1. The number of halogens is 3. The second-order valence-electron chi connectivity index (χ2n) is 10.1. The van der Waals surface area contributed by atoms with E-state index in [4.69, 9.17) is 15.4 Å². The van der Waals surface area contributed by atoms with Crippen molar-refractivity contribution in [2.24, 2.45) is 4.99 Å². The molecule has 1 aliphatic heterocycles. The summed E-state index contributed by atoms with van der Waals surface area (Å²) in [5.41, 5.74) is -0.665. The number of sulfonamides is 1. The predicted molar refractivity (Wildman–Crippen MR) is 161 cm³/mol. The number of piperidine rings is 1. The summed E-state index contributed by atoms with van der Waals surface area (Å²) in [5.74, 6) is -0.746. The number of anilines is 1. The van der Waals surface area contributed by atoms with Crippen LogP contribution in [0.5, 0.6) is 5.75 Å². The lowest BCUT2D eigenvalue weighted by Crippen LogP contribution is -2.44. The summed E-state index contributed by atoms with van der Waals surface area (Å²) in [6.45, 7) is 6.20. The maximum absolute atomic E-state index is 13.4. The molecule has 3 N–H and O–H groups in total. The van der Waals surface area contributed by atoms with Crippen molar-refractivity contribution in [2.45, 2.75) is 63.6 Å². The molecule has 2 aromatic rings. The highest BCUT2D eigenvalue weighted by atomic mass is 32.2. The lowest BCUT2D eigenvalue weighted by molar-refractivity contribution is -0.137. The number of nitrogens with one attached hydrogen (secondary N) is 3. The van der Waals surface area contributed by atoms with Gasteiger partial charge in [-0.1, -0.05) is 13.3 Å². The van der Waals surface area contributed by atoms with Crippen LogP contribution in [0.25, 0.3) is 0 Å². The zero-order valence-corrected chi connectivity index (χ0v) is 25.5. The first-order valence-electron chi connectivity index (χ1n) is 14.0. The normalized spacial score (nSPS) is 14.8. The molecule has 0 unspecified atom stereocenters. The highest BCUT2D eigenvalue weighted by Crippen LogP contribution is 2.35. The van der Waals surface area contributed by atoms with Gasteiger partial charge >= 0.3 is 6.18 Å². The van der Waals surface area contributed by atoms with Gasteiger partial charge < -0.3 is 15.0 Å². The van der Waals surface area contributed by atoms with E-state index in [2.05, 4.69) is 15.0 Å². The highest BCUT2D eigenvalue weighted by molar-refractivity contribution is 7.89. The lowest BCUT2D eigenvalue weighted by atomic mass is 10.0. The standard InChI is InChI=1S/C30H35F3N6O4S/c1-4-6-13-36-20(3)16-28(40)37-29(35)25-18-24(9-10-27(25)43-5-2)44(41,42)38-22-11-14-39(15-12-22)23-8-7-21(19-34)26(17-23)30(31,32)33/h7-10,13,16-18,22,38H,4-6,11-12,14-15H2,1-3H3,(H2,35,37,40)/b20-16+,36-13+. The van der Waals surface area contributed by atoms with E-state index in [0.717, 1.165) is 25.0 Å². The molecule has 0 aromatic heterocycles. The van der Waals surface area contributed by atoms with Crippen LogP contribution < -0.4 is 19.7 Å². The van der Waals surface area contributed by atoms with E-state index in [1.165, 1.54) is 30.3 Å². The molecule has 0 spiro atoms. The van der Waals surface area contributed by atoms with Gasteiger partial charge in [-0.25, -0.2) is 13.1 Å². The van der Waals surface area contributed by atoms with Crippen LogP contribution in [0.3, 0.4) is 0 Å². The maximum Gasteiger partial charge on any atom is 0.417 e. The summed E-state index contributed by atoms with van der Waals surface area (Å²) < 4.78 is 75.0. The van der Waals surface area contributed by atoms with E-state index in [1.807, 2.05) is 6.92 Å². The van der Waals surface area contributed by atoms with Gasteiger partial charge in [-0.15, -0.1) is 0 Å². The van der Waals surface area contributed by atoms with Gasteiger partial charge in [0.2, 0.25) is 10.0 Å². The summed E-state index contributed by atoms with van der Waals surface area (Å²) >= 11 is 0. The third kappa shape index (κ3) is 9.14. The van der Waals surface area contributed by atoms with E-state index >= 15 is 0 Å². The monoisotopic (exact) mass is 632 g/mol. The summed E-state index contributed by atoms with van der Waals surface area (Å²) in [4.78, 5) is 18.2. The quantitative estimate of drug-likeness (QED) is 0.178. The molecule has 0 bridgehead atoms. The second-order valence-corrected chi connectivity index (χ2v) is 11.8. The van der Waals surface area contributed by atoms with Gasteiger partial charge in [0.15, 0.2) is 0 Å². The van der Waals surface area contributed by atoms with Crippen molar-refractivity contribution in [1.82, 2.24) is 10.0 Å². The Morgan fingerprint density at radius 3 is 2.52 bits per heavy atom. The number of amidine groups is 1. The van der Waals surface area contributed by atoms with Gasteiger partial charge in [0.05, 0.1) is 34.3 Å². The average molecular weight is 633 g/mol. The molecule has 0 aliphatic carbocycles. The molecule has 10 nitrogen and oxygen atoms in total. The smallest absolute Gasteiger partial charge is 0.417 e. The van der Waals surface area contributed by atoms with E-state index in [0.29, 0.717) is 24.2 Å². The Bertz CT molecular complexity index is 1570. The van der Waals surface area contributed by atoms with Crippen molar-refractivity contribution < 1.29 is 31.1 Å².